The van der Waals surface area contributed by atoms with Crippen molar-refractivity contribution in [3.05, 3.63) is 59.7 Å². The van der Waals surface area contributed by atoms with Crippen LogP contribution in [0.25, 0.3) is 0 Å². The zero-order valence-corrected chi connectivity index (χ0v) is 59.1. The van der Waals surface area contributed by atoms with E-state index < -0.39 is 17.9 Å². The van der Waals surface area contributed by atoms with Crippen LogP contribution in [0.5, 0.6) is 5.75 Å². The van der Waals surface area contributed by atoms with Gasteiger partial charge in [-0.25, -0.2) is 0 Å². The molecular weight excluding hydrogens is 1210 g/mol. The molecule has 544 valence electrons. The molecule has 0 saturated carbocycles. The van der Waals surface area contributed by atoms with Crippen molar-refractivity contribution in [3.8, 4) is 113 Å². The summed E-state index contributed by atoms with van der Waals surface area (Å²) in [5.74, 6) is 40.6. The van der Waals surface area contributed by atoms with E-state index in [1.807, 2.05) is 32.9 Å². The second-order valence-corrected chi connectivity index (χ2v) is 26.1. The predicted octanol–water partition coefficient (Wildman–Crippen LogP) is 19.2. The van der Waals surface area contributed by atoms with E-state index in [1.54, 1.807) is 12.1 Å². The third kappa shape index (κ3) is 44.4. The normalized spacial score (nSPS) is 12.4. The van der Waals surface area contributed by atoms with Crippen LogP contribution in [0.3, 0.4) is 0 Å². The molecule has 1 saturated heterocycles. The molecule has 1 heterocycles. The van der Waals surface area contributed by atoms with Gasteiger partial charge in [-0.3, -0.25) is 4.79 Å². The van der Waals surface area contributed by atoms with Crippen LogP contribution in [0.15, 0.2) is 48.5 Å². The van der Waals surface area contributed by atoms with E-state index >= 15 is 0 Å². The van der Waals surface area contributed by atoms with Crippen molar-refractivity contribution in [1.29, 1.82) is 0 Å². The third-order valence-corrected chi connectivity index (χ3v) is 16.4. The smallest absolute Gasteiger partial charge is 0.493 e. The van der Waals surface area contributed by atoms with Gasteiger partial charge in [-0.2, -0.15) is 0 Å². The Bertz CT molecular complexity index is 2950. The summed E-state index contributed by atoms with van der Waals surface area (Å²) in [4.78, 5) is 13.8. The summed E-state index contributed by atoms with van der Waals surface area (Å²) < 4.78 is 37.8. The average Bonchev–Trinajstić information content (AvgIpc) is 0.802. The molecule has 1 fully saturated rings. The molecule has 0 aromatic heterocycles. The van der Waals surface area contributed by atoms with E-state index in [2.05, 4.69) is 160 Å². The van der Waals surface area contributed by atoms with Gasteiger partial charge in [0.2, 0.25) is 0 Å². The van der Waals surface area contributed by atoms with Gasteiger partial charge < -0.3 is 49.7 Å². The fraction of sp³-hybridized carbons (Fsp3) is 0.627. The minimum Gasteiger partial charge on any atom is -1.00 e. The minimum atomic E-state index is -0.697. The molecule has 0 bridgehead atoms. The van der Waals surface area contributed by atoms with Crippen molar-refractivity contribution in [2.24, 2.45) is 10.8 Å². The SMILES string of the molecule is C.C.C#CC#CC#CC#CC#CC#CC#CC#CC#COc1ccc(B2OCC(C)(COC(=O)C(C)(C)CC(CC)c3ccc(C[N+](C)(C)CC(COCCCCCCCCCCCCCCCC)OCCCCCCCCCCCCCCCC)cc3)CO2)cc1.[Br-].[HH].[HH].[HH].[HH].[HH].[HH].[HH].[HH].[HH].[HH].[HH].[HH].[HH].[HH].[HH].[HH].[HH].[HH]. The molecule has 2 atom stereocenters. The van der Waals surface area contributed by atoms with Crippen LogP contribution < -0.4 is 27.2 Å². The maximum Gasteiger partial charge on any atom is 0.493 e. The molecule has 2 aromatic carbocycles. The highest BCUT2D eigenvalue weighted by Crippen LogP contribution is 2.36. The number of terminal acetylenes is 1. The van der Waals surface area contributed by atoms with Gasteiger partial charge in [-0.1, -0.05) is 246 Å². The monoisotopic (exact) mass is 1370 g/mol. The summed E-state index contributed by atoms with van der Waals surface area (Å²) in [5.41, 5.74) is 2.18. The molecule has 1 aliphatic rings. The van der Waals surface area contributed by atoms with Gasteiger partial charge in [-0.15, -0.1) is 6.42 Å². The van der Waals surface area contributed by atoms with Crippen LogP contribution in [0.4, 0.5) is 0 Å². The Hall–Kier alpha value is -5.91. The number of ether oxygens (including phenoxy) is 4. The van der Waals surface area contributed by atoms with Crippen molar-refractivity contribution in [2.75, 3.05) is 60.3 Å². The number of halogens is 1. The lowest BCUT2D eigenvalue weighted by atomic mass is 9.75. The largest absolute Gasteiger partial charge is 1.00 e. The molecule has 10 heteroatoms. The highest BCUT2D eigenvalue weighted by Gasteiger charge is 2.40. The number of carbonyl (C=O) groups is 1. The molecule has 93 heavy (non-hydrogen) atoms. The third-order valence-electron chi connectivity index (χ3n) is 16.4. The van der Waals surface area contributed by atoms with Crippen molar-refractivity contribution in [2.45, 2.75) is 268 Å². The quantitative estimate of drug-likeness (QED) is 0.0215. The number of hydrogen-bond acceptors (Lipinski definition) is 7. The molecule has 3 rings (SSSR count). The molecule has 8 nitrogen and oxygen atoms in total. The highest BCUT2D eigenvalue weighted by molar-refractivity contribution is 6.61. The Morgan fingerprint density at radius 1 is 0.591 bits per heavy atom. The van der Waals surface area contributed by atoms with E-state index in [9.17, 15) is 4.79 Å². The first-order valence-electron chi connectivity index (χ1n) is 34.6. The van der Waals surface area contributed by atoms with Crippen molar-refractivity contribution in [1.82, 2.24) is 0 Å². The molecular formula is C83H155BBrNO7. The van der Waals surface area contributed by atoms with Gasteiger partial charge in [0, 0.05) is 110 Å². The van der Waals surface area contributed by atoms with Gasteiger partial charge in [0.1, 0.15) is 37.7 Å². The molecule has 0 spiro atoms. The Kier molecular flexibility index (Phi) is 52.9. The zero-order valence-electron chi connectivity index (χ0n) is 57.5. The lowest BCUT2D eigenvalue weighted by Crippen LogP contribution is -3.00. The summed E-state index contributed by atoms with van der Waals surface area (Å²) in [7, 11) is 4.08. The lowest BCUT2D eigenvalue weighted by molar-refractivity contribution is -0.906. The number of hydrogen-bond donors (Lipinski definition) is 0. The number of benzene rings is 2. The lowest BCUT2D eigenvalue weighted by Gasteiger charge is -2.37. The van der Waals surface area contributed by atoms with Crippen molar-refractivity contribution >= 4 is 18.6 Å². The van der Waals surface area contributed by atoms with Crippen molar-refractivity contribution < 1.29 is 80.2 Å². The van der Waals surface area contributed by atoms with Crippen molar-refractivity contribution in [3.63, 3.8) is 0 Å². The first-order chi connectivity index (χ1) is 43.8. The maximum atomic E-state index is 13.8. The van der Waals surface area contributed by atoms with Gasteiger partial charge in [0.25, 0.3) is 0 Å². The number of unbranched alkanes of at least 4 members (excludes halogenated alkanes) is 26. The second kappa shape index (κ2) is 56.4. The Balaban J connectivity index is -0.000000237. The van der Waals surface area contributed by atoms with Crippen LogP contribution >= 0.6 is 0 Å². The number of quaternary nitrogens is 1. The zero-order chi connectivity index (χ0) is 64.9. The van der Waals surface area contributed by atoms with Gasteiger partial charge in [0.05, 0.1) is 26.1 Å². The fourth-order valence-electron chi connectivity index (χ4n) is 11.1. The van der Waals surface area contributed by atoms with Crippen LogP contribution in [0.2, 0.25) is 0 Å². The highest BCUT2D eigenvalue weighted by atomic mass is 79.9. The van der Waals surface area contributed by atoms with Crippen LogP contribution in [0.1, 0.15) is 292 Å². The van der Waals surface area contributed by atoms with Gasteiger partial charge >= 0.3 is 13.1 Å². The number of esters is 1. The van der Waals surface area contributed by atoms with E-state index in [0.717, 1.165) is 55.5 Å². The summed E-state index contributed by atoms with van der Waals surface area (Å²) >= 11 is 0. The molecule has 0 N–H and O–H groups in total. The molecule has 2 aromatic rings. The number of nitrogens with zero attached hydrogens (tertiary/aromatic N) is 1. The van der Waals surface area contributed by atoms with E-state index in [0.29, 0.717) is 32.0 Å². The summed E-state index contributed by atoms with van der Waals surface area (Å²) in [6.45, 7) is 17.8. The summed E-state index contributed by atoms with van der Waals surface area (Å²) in [5, 5.41) is 0. The summed E-state index contributed by atoms with van der Waals surface area (Å²) in [6, 6.07) is 16.4. The first kappa shape index (κ1) is 87.1. The first-order valence-corrected chi connectivity index (χ1v) is 34.6. The number of rotatable bonds is 46. The van der Waals surface area contributed by atoms with Crippen LogP contribution in [-0.2, 0) is 34.9 Å². The molecule has 2 unspecified atom stereocenters. The van der Waals surface area contributed by atoms with E-state index in [1.165, 1.54) is 178 Å². The molecule has 1 aliphatic heterocycles. The molecule has 0 aliphatic carbocycles. The number of likely N-dealkylation sites (N-methyl/N-ethyl adjacent to an activating group) is 1. The predicted molar refractivity (Wildman–Crippen MR) is 426 cm³/mol. The summed E-state index contributed by atoms with van der Waals surface area (Å²) in [6.07, 6.45) is 47.2. The van der Waals surface area contributed by atoms with E-state index in [-0.39, 0.29) is 82.1 Å². The van der Waals surface area contributed by atoms with Crippen LogP contribution in [-0.4, -0.2) is 84.0 Å². The number of carbonyl (C=O) groups excluding carboxylic acids is 1. The maximum absolute atomic E-state index is 13.8. The Morgan fingerprint density at radius 2 is 1.00 bits per heavy atom. The Labute approximate surface area is 607 Å². The standard InChI is InChI=1S/C81H111BNO7.2CH4.BrH.18H2/c1-10-14-17-20-23-26-29-32-35-36-39-41-44-47-50-53-64-86-77-61-59-76(60-62-77)82-89-71-81(7,72-90-82)70-88-79(84)80(5,6)66-74(13-4)75-57-55-73(56-58-75)67-83(8,9)68-78(87-65-54-51-48-45-42-38-34-31-28-25-22-19-16-12-3)69-85-63-52-49-46-43-40-37-33-30-27-24-21-18-15-11-2;;;;;;;;;;;;;;;;;;;;;/h1,55-62,74,78H,11-13,15-16,18-19,21-22,24-25,27-28,30-31,33-34,37-38,40,42-43,45-46,48-49,51-52,54,63,65-72H2,2-9H3;2*1H4;19*1H/q+1;;;;;;;;;;;;;;;;;;;;;/p-1. The van der Waals surface area contributed by atoms with Crippen LogP contribution in [0, 0.1) is 118 Å². The molecule has 0 radical (unpaired) electrons. The topological polar surface area (TPSA) is 72.5 Å². The Morgan fingerprint density at radius 3 is 1.43 bits per heavy atom. The van der Waals surface area contributed by atoms with Gasteiger partial charge in [-0.05, 0) is 116 Å². The van der Waals surface area contributed by atoms with Gasteiger partial charge in [0.15, 0.2) is 0 Å². The average molecular weight is 1370 g/mol. The second-order valence-electron chi connectivity index (χ2n) is 26.1. The minimum absolute atomic E-state index is 0. The molecule has 0 amide bonds. The van der Waals surface area contributed by atoms with E-state index in [4.69, 9.17) is 34.7 Å². The fourth-order valence-corrected chi connectivity index (χ4v) is 11.1.